The van der Waals surface area contributed by atoms with E-state index in [2.05, 4.69) is 17.5 Å². The highest BCUT2D eigenvalue weighted by atomic mass is 32.1. The zero-order valence-corrected chi connectivity index (χ0v) is 10.5. The van der Waals surface area contributed by atoms with Gasteiger partial charge in [-0.25, -0.2) is 4.39 Å². The Morgan fingerprint density at radius 1 is 1.06 bits per heavy atom. The molecule has 18 heavy (non-hydrogen) atoms. The van der Waals surface area contributed by atoms with Gasteiger partial charge in [0.2, 0.25) is 0 Å². The predicted octanol–water partition coefficient (Wildman–Crippen LogP) is 4.17. The van der Waals surface area contributed by atoms with Crippen LogP contribution in [0.2, 0.25) is 0 Å². The molecule has 2 aromatic carbocycles. The van der Waals surface area contributed by atoms with Crippen LogP contribution in [0.25, 0.3) is 21.2 Å². The Labute approximate surface area is 109 Å². The van der Waals surface area contributed by atoms with Gasteiger partial charge in [-0.15, -0.1) is 11.3 Å². The Balaban J connectivity index is 2.31. The fourth-order valence-electron chi connectivity index (χ4n) is 2.18. The Hall–Kier alpha value is -1.71. The Kier molecular flexibility index (Phi) is 2.86. The van der Waals surface area contributed by atoms with Crippen molar-refractivity contribution in [3.8, 4) is 11.1 Å². The topological polar surface area (TPSA) is 26.0 Å². The molecular formula is C15H12FNS. The minimum absolute atomic E-state index is 0.226. The average molecular weight is 257 g/mol. The van der Waals surface area contributed by atoms with Crippen LogP contribution < -0.4 is 5.73 Å². The molecule has 90 valence electrons. The zero-order valence-electron chi connectivity index (χ0n) is 9.69. The van der Waals surface area contributed by atoms with E-state index in [4.69, 9.17) is 5.73 Å². The van der Waals surface area contributed by atoms with Crippen LogP contribution >= 0.6 is 11.3 Å². The van der Waals surface area contributed by atoms with Crippen molar-refractivity contribution in [2.75, 3.05) is 0 Å². The fourth-order valence-corrected chi connectivity index (χ4v) is 3.11. The molecule has 0 radical (unpaired) electrons. The monoisotopic (exact) mass is 257 g/mol. The van der Waals surface area contributed by atoms with Crippen LogP contribution in [0.1, 0.15) is 5.56 Å². The van der Waals surface area contributed by atoms with Gasteiger partial charge in [-0.1, -0.05) is 24.3 Å². The normalized spacial score (nSPS) is 11.0. The molecule has 3 heteroatoms. The van der Waals surface area contributed by atoms with Gasteiger partial charge in [0.15, 0.2) is 0 Å². The Morgan fingerprint density at radius 3 is 2.78 bits per heavy atom. The van der Waals surface area contributed by atoms with Crippen molar-refractivity contribution in [2.24, 2.45) is 5.73 Å². The maximum Gasteiger partial charge on any atom is 0.123 e. The number of benzene rings is 2. The maximum absolute atomic E-state index is 13.5. The summed E-state index contributed by atoms with van der Waals surface area (Å²) >= 11 is 1.67. The van der Waals surface area contributed by atoms with E-state index in [9.17, 15) is 4.39 Å². The van der Waals surface area contributed by atoms with E-state index >= 15 is 0 Å². The van der Waals surface area contributed by atoms with Crippen molar-refractivity contribution in [2.45, 2.75) is 6.54 Å². The number of rotatable bonds is 2. The van der Waals surface area contributed by atoms with Gasteiger partial charge in [0.1, 0.15) is 5.82 Å². The van der Waals surface area contributed by atoms with Crippen LogP contribution in [0, 0.1) is 5.82 Å². The van der Waals surface area contributed by atoms with Gasteiger partial charge >= 0.3 is 0 Å². The van der Waals surface area contributed by atoms with E-state index in [1.54, 1.807) is 23.5 Å². The Bertz CT molecular complexity index is 703. The van der Waals surface area contributed by atoms with E-state index in [1.807, 2.05) is 12.1 Å². The van der Waals surface area contributed by atoms with Gasteiger partial charge in [-0.2, -0.15) is 0 Å². The third-order valence-electron chi connectivity index (χ3n) is 3.06. The summed E-state index contributed by atoms with van der Waals surface area (Å²) in [7, 11) is 0. The first-order valence-corrected chi connectivity index (χ1v) is 6.62. The molecule has 0 saturated heterocycles. The molecule has 1 heterocycles. The highest BCUT2D eigenvalue weighted by molar-refractivity contribution is 7.17. The molecule has 3 rings (SSSR count). The van der Waals surface area contributed by atoms with Gasteiger partial charge in [-0.05, 0) is 45.7 Å². The molecule has 0 spiro atoms. The van der Waals surface area contributed by atoms with Crippen molar-refractivity contribution in [1.82, 2.24) is 0 Å². The lowest BCUT2D eigenvalue weighted by Crippen LogP contribution is -1.99. The highest BCUT2D eigenvalue weighted by Gasteiger charge is 2.09. The van der Waals surface area contributed by atoms with Gasteiger partial charge in [0.05, 0.1) is 0 Å². The molecule has 0 aliphatic rings. The fraction of sp³-hybridized carbons (Fsp3) is 0.0667. The van der Waals surface area contributed by atoms with E-state index in [0.717, 1.165) is 16.7 Å². The molecule has 0 fully saturated rings. The zero-order chi connectivity index (χ0) is 12.5. The molecule has 0 aliphatic carbocycles. The highest BCUT2D eigenvalue weighted by Crippen LogP contribution is 2.34. The van der Waals surface area contributed by atoms with E-state index in [0.29, 0.717) is 6.54 Å². The van der Waals surface area contributed by atoms with Crippen LogP contribution in [0.4, 0.5) is 4.39 Å². The van der Waals surface area contributed by atoms with E-state index in [-0.39, 0.29) is 5.82 Å². The summed E-state index contributed by atoms with van der Waals surface area (Å²) in [5, 5.41) is 3.24. The average Bonchev–Trinajstić information content (AvgIpc) is 2.86. The second-order valence-electron chi connectivity index (χ2n) is 4.15. The first-order chi connectivity index (χ1) is 8.79. The number of hydrogen-bond acceptors (Lipinski definition) is 2. The van der Waals surface area contributed by atoms with Crippen LogP contribution in [0.15, 0.2) is 47.8 Å². The van der Waals surface area contributed by atoms with Crippen molar-refractivity contribution >= 4 is 21.4 Å². The van der Waals surface area contributed by atoms with Crippen LogP contribution in [-0.2, 0) is 6.54 Å². The molecule has 3 aromatic rings. The molecular weight excluding hydrogens is 245 g/mol. The first-order valence-electron chi connectivity index (χ1n) is 5.74. The number of nitrogens with two attached hydrogens (primary N) is 1. The quantitative estimate of drug-likeness (QED) is 0.732. The molecule has 0 amide bonds. The summed E-state index contributed by atoms with van der Waals surface area (Å²) in [5.41, 5.74) is 8.66. The van der Waals surface area contributed by atoms with Gasteiger partial charge < -0.3 is 5.73 Å². The molecule has 0 atom stereocenters. The van der Waals surface area contributed by atoms with E-state index in [1.165, 1.54) is 16.2 Å². The minimum Gasteiger partial charge on any atom is -0.326 e. The summed E-state index contributed by atoms with van der Waals surface area (Å²) in [4.78, 5) is 0. The summed E-state index contributed by atoms with van der Waals surface area (Å²) in [6.07, 6.45) is 0. The number of fused-ring (bicyclic) bond motifs is 1. The largest absolute Gasteiger partial charge is 0.326 e. The third-order valence-corrected chi connectivity index (χ3v) is 4.02. The minimum atomic E-state index is -0.226. The molecule has 1 nitrogen and oxygen atoms in total. The van der Waals surface area contributed by atoms with Gasteiger partial charge in [0, 0.05) is 11.2 Å². The SMILES string of the molecule is NCc1ccc(F)cc1-c1cccc2ccsc12. The smallest absolute Gasteiger partial charge is 0.123 e. The third kappa shape index (κ3) is 1.82. The lowest BCUT2D eigenvalue weighted by molar-refractivity contribution is 0.627. The second kappa shape index (κ2) is 4.52. The van der Waals surface area contributed by atoms with Crippen molar-refractivity contribution in [3.05, 3.63) is 59.2 Å². The van der Waals surface area contributed by atoms with Crippen LogP contribution in [-0.4, -0.2) is 0 Å². The van der Waals surface area contributed by atoms with Crippen molar-refractivity contribution < 1.29 is 4.39 Å². The molecule has 0 bridgehead atoms. The molecule has 0 unspecified atom stereocenters. The van der Waals surface area contributed by atoms with Gasteiger partial charge in [0.25, 0.3) is 0 Å². The first kappa shape index (κ1) is 11.4. The summed E-state index contributed by atoms with van der Waals surface area (Å²) < 4.78 is 14.6. The molecule has 1 aromatic heterocycles. The number of hydrogen-bond donors (Lipinski definition) is 1. The predicted molar refractivity (Wildman–Crippen MR) is 75.1 cm³/mol. The Morgan fingerprint density at radius 2 is 1.94 bits per heavy atom. The van der Waals surface area contributed by atoms with Crippen molar-refractivity contribution in [3.63, 3.8) is 0 Å². The molecule has 2 N–H and O–H groups in total. The number of thiophene rings is 1. The summed E-state index contributed by atoms with van der Waals surface area (Å²) in [5.74, 6) is -0.226. The second-order valence-corrected chi connectivity index (χ2v) is 5.07. The summed E-state index contributed by atoms with van der Waals surface area (Å²) in [6, 6.07) is 12.9. The number of halogens is 1. The standard InChI is InChI=1S/C15H12FNS/c16-12-5-4-11(9-17)14(8-12)13-3-1-2-10-6-7-18-15(10)13/h1-8H,9,17H2. The lowest BCUT2D eigenvalue weighted by Gasteiger charge is -2.09. The molecule has 0 aliphatic heterocycles. The van der Waals surface area contributed by atoms with Crippen molar-refractivity contribution in [1.29, 1.82) is 0 Å². The summed E-state index contributed by atoms with van der Waals surface area (Å²) in [6.45, 7) is 0.414. The van der Waals surface area contributed by atoms with Gasteiger partial charge in [-0.3, -0.25) is 0 Å². The maximum atomic E-state index is 13.5. The lowest BCUT2D eigenvalue weighted by atomic mass is 9.98. The van der Waals surface area contributed by atoms with E-state index < -0.39 is 0 Å². The van der Waals surface area contributed by atoms with Crippen LogP contribution in [0.3, 0.4) is 0 Å². The van der Waals surface area contributed by atoms with Crippen LogP contribution in [0.5, 0.6) is 0 Å². The molecule has 0 saturated carbocycles.